The Morgan fingerprint density at radius 3 is 2.55 bits per heavy atom. The fraction of sp³-hybridized carbons (Fsp3) is 0.312. The molecule has 22 heavy (non-hydrogen) atoms. The van der Waals surface area contributed by atoms with Crippen LogP contribution in [0.4, 0.5) is 5.95 Å². The second-order valence-corrected chi connectivity index (χ2v) is 5.69. The Hall–Kier alpha value is -2.08. The topological polar surface area (TPSA) is 66.9 Å². The Kier molecular flexibility index (Phi) is 6.21. The molecule has 0 fully saturated rings. The number of hydrogen-bond donors (Lipinski definition) is 2. The van der Waals surface area contributed by atoms with Crippen LogP contribution in [-0.4, -0.2) is 28.7 Å². The summed E-state index contributed by atoms with van der Waals surface area (Å²) in [5, 5.41) is 6.01. The lowest BCUT2D eigenvalue weighted by molar-refractivity contribution is -0.121. The molecule has 0 aliphatic carbocycles. The molecule has 1 atom stereocenters. The van der Waals surface area contributed by atoms with Crippen LogP contribution >= 0.6 is 11.8 Å². The summed E-state index contributed by atoms with van der Waals surface area (Å²) < 4.78 is 0. The zero-order valence-corrected chi connectivity index (χ0v) is 13.6. The summed E-state index contributed by atoms with van der Waals surface area (Å²) >= 11 is 1.70. The minimum atomic E-state index is -0.00335. The van der Waals surface area contributed by atoms with Gasteiger partial charge in [0.15, 0.2) is 0 Å². The standard InChI is InChI=1S/C16H20N4OS/c1-12(13-4-6-14(22-2)7-5-13)20-15(21)8-11-19-16-17-9-3-10-18-16/h3-7,9-10,12H,8,11H2,1-2H3,(H,20,21)(H,17,18,19). The Balaban J connectivity index is 1.76. The first kappa shape index (κ1) is 16.3. The van der Waals surface area contributed by atoms with E-state index in [0.717, 1.165) is 5.56 Å². The van der Waals surface area contributed by atoms with Crippen molar-refractivity contribution in [1.29, 1.82) is 0 Å². The van der Waals surface area contributed by atoms with Gasteiger partial charge in [-0.05, 0) is 36.9 Å². The van der Waals surface area contributed by atoms with E-state index in [1.807, 2.05) is 25.3 Å². The molecular weight excluding hydrogens is 296 g/mol. The van der Waals surface area contributed by atoms with Crippen LogP contribution in [0, 0.1) is 0 Å². The first-order valence-corrected chi connectivity index (χ1v) is 8.35. The van der Waals surface area contributed by atoms with E-state index in [2.05, 4.69) is 32.7 Å². The van der Waals surface area contributed by atoms with E-state index in [1.54, 1.807) is 30.2 Å². The highest BCUT2D eigenvalue weighted by Crippen LogP contribution is 2.18. The number of carbonyl (C=O) groups is 1. The molecule has 0 aliphatic rings. The molecule has 1 aromatic carbocycles. The van der Waals surface area contributed by atoms with Crippen molar-refractivity contribution in [2.45, 2.75) is 24.3 Å². The monoisotopic (exact) mass is 316 g/mol. The van der Waals surface area contributed by atoms with Crippen molar-refractivity contribution in [3.8, 4) is 0 Å². The van der Waals surface area contributed by atoms with Crippen LogP contribution in [0.2, 0.25) is 0 Å². The average molecular weight is 316 g/mol. The Morgan fingerprint density at radius 1 is 1.23 bits per heavy atom. The molecule has 0 spiro atoms. The zero-order valence-electron chi connectivity index (χ0n) is 12.7. The van der Waals surface area contributed by atoms with Crippen molar-refractivity contribution in [2.75, 3.05) is 18.1 Å². The summed E-state index contributed by atoms with van der Waals surface area (Å²) in [5.41, 5.74) is 1.10. The van der Waals surface area contributed by atoms with Crippen molar-refractivity contribution < 1.29 is 4.79 Å². The highest BCUT2D eigenvalue weighted by Gasteiger charge is 2.09. The average Bonchev–Trinajstić information content (AvgIpc) is 2.56. The molecule has 0 aliphatic heterocycles. The lowest BCUT2D eigenvalue weighted by atomic mass is 10.1. The second-order valence-electron chi connectivity index (χ2n) is 4.81. The van der Waals surface area contributed by atoms with E-state index in [9.17, 15) is 4.79 Å². The van der Waals surface area contributed by atoms with E-state index >= 15 is 0 Å². The van der Waals surface area contributed by atoms with E-state index in [0.29, 0.717) is 18.9 Å². The van der Waals surface area contributed by atoms with Gasteiger partial charge < -0.3 is 10.6 Å². The van der Waals surface area contributed by atoms with Crippen molar-refractivity contribution in [2.24, 2.45) is 0 Å². The Labute approximate surface area is 135 Å². The number of nitrogens with one attached hydrogen (secondary N) is 2. The first-order chi connectivity index (χ1) is 10.7. The maximum Gasteiger partial charge on any atom is 0.222 e. The van der Waals surface area contributed by atoms with Gasteiger partial charge >= 0.3 is 0 Å². The fourth-order valence-electron chi connectivity index (χ4n) is 1.97. The minimum Gasteiger partial charge on any atom is -0.354 e. The molecule has 2 N–H and O–H groups in total. The van der Waals surface area contributed by atoms with Crippen LogP contribution in [0.25, 0.3) is 0 Å². The third-order valence-electron chi connectivity index (χ3n) is 3.19. The molecular formula is C16H20N4OS. The number of carbonyl (C=O) groups excluding carboxylic acids is 1. The third-order valence-corrected chi connectivity index (χ3v) is 3.94. The summed E-state index contributed by atoms with van der Waals surface area (Å²) in [6.07, 6.45) is 5.75. The van der Waals surface area contributed by atoms with Gasteiger partial charge in [-0.15, -0.1) is 11.8 Å². The fourth-order valence-corrected chi connectivity index (χ4v) is 2.38. The number of thioether (sulfide) groups is 1. The molecule has 2 aromatic rings. The summed E-state index contributed by atoms with van der Waals surface area (Å²) in [6, 6.07) is 9.98. The largest absolute Gasteiger partial charge is 0.354 e. The molecule has 116 valence electrons. The predicted molar refractivity (Wildman–Crippen MR) is 89.9 cm³/mol. The lowest BCUT2D eigenvalue weighted by Crippen LogP contribution is -2.28. The summed E-state index contributed by atoms with van der Waals surface area (Å²) in [4.78, 5) is 21.3. The highest BCUT2D eigenvalue weighted by molar-refractivity contribution is 7.98. The van der Waals surface area contributed by atoms with Crippen molar-refractivity contribution in [3.63, 3.8) is 0 Å². The van der Waals surface area contributed by atoms with Crippen LogP contribution in [0.1, 0.15) is 24.9 Å². The highest BCUT2D eigenvalue weighted by atomic mass is 32.2. The number of hydrogen-bond acceptors (Lipinski definition) is 5. The molecule has 2 rings (SSSR count). The predicted octanol–water partition coefficient (Wildman–Crippen LogP) is 2.88. The quantitative estimate of drug-likeness (QED) is 0.769. The van der Waals surface area contributed by atoms with Gasteiger partial charge in [0.25, 0.3) is 0 Å². The number of benzene rings is 1. The normalized spacial score (nSPS) is 11.7. The third kappa shape index (κ3) is 5.04. The van der Waals surface area contributed by atoms with Gasteiger partial charge in [-0.25, -0.2) is 9.97 Å². The van der Waals surface area contributed by atoms with Crippen molar-refractivity contribution >= 4 is 23.6 Å². The first-order valence-electron chi connectivity index (χ1n) is 7.13. The van der Waals surface area contributed by atoms with E-state index in [-0.39, 0.29) is 11.9 Å². The molecule has 6 heteroatoms. The lowest BCUT2D eigenvalue weighted by Gasteiger charge is -2.15. The minimum absolute atomic E-state index is 0.00335. The molecule has 0 radical (unpaired) electrons. The van der Waals surface area contributed by atoms with Gasteiger partial charge in [0.05, 0.1) is 6.04 Å². The molecule has 5 nitrogen and oxygen atoms in total. The van der Waals surface area contributed by atoms with Gasteiger partial charge in [0, 0.05) is 30.3 Å². The number of rotatable bonds is 7. The second kappa shape index (κ2) is 8.38. The van der Waals surface area contributed by atoms with E-state index < -0.39 is 0 Å². The van der Waals surface area contributed by atoms with Crippen LogP contribution < -0.4 is 10.6 Å². The summed E-state index contributed by atoms with van der Waals surface area (Å²) in [6.45, 7) is 2.49. The zero-order chi connectivity index (χ0) is 15.8. The van der Waals surface area contributed by atoms with Gasteiger partial charge in [0.2, 0.25) is 11.9 Å². The number of aromatic nitrogens is 2. The smallest absolute Gasteiger partial charge is 0.222 e. The van der Waals surface area contributed by atoms with E-state index in [1.165, 1.54) is 4.90 Å². The number of amides is 1. The van der Waals surface area contributed by atoms with Crippen molar-refractivity contribution in [3.05, 3.63) is 48.3 Å². The molecule has 0 bridgehead atoms. The molecule has 1 amide bonds. The Bertz CT molecular complexity index is 589. The molecule has 0 saturated carbocycles. The molecule has 1 aromatic heterocycles. The SMILES string of the molecule is CSc1ccc(C(C)NC(=O)CCNc2ncccn2)cc1. The van der Waals surface area contributed by atoms with Crippen LogP contribution in [0.15, 0.2) is 47.6 Å². The molecule has 0 saturated heterocycles. The molecule has 1 unspecified atom stereocenters. The maximum absolute atomic E-state index is 11.9. The van der Waals surface area contributed by atoms with Gasteiger partial charge in [-0.3, -0.25) is 4.79 Å². The van der Waals surface area contributed by atoms with Crippen molar-refractivity contribution in [1.82, 2.24) is 15.3 Å². The van der Waals surface area contributed by atoms with Gasteiger partial charge in [-0.2, -0.15) is 0 Å². The molecule has 1 heterocycles. The Morgan fingerprint density at radius 2 is 1.91 bits per heavy atom. The van der Waals surface area contributed by atoms with Crippen LogP contribution in [0.3, 0.4) is 0 Å². The maximum atomic E-state index is 11.9. The number of anilines is 1. The van der Waals surface area contributed by atoms with E-state index in [4.69, 9.17) is 0 Å². The van der Waals surface area contributed by atoms with Gasteiger partial charge in [0.1, 0.15) is 0 Å². The van der Waals surface area contributed by atoms with Gasteiger partial charge in [-0.1, -0.05) is 12.1 Å². The summed E-state index contributed by atoms with van der Waals surface area (Å²) in [7, 11) is 0. The van der Waals surface area contributed by atoms with Crippen LogP contribution in [-0.2, 0) is 4.79 Å². The summed E-state index contributed by atoms with van der Waals surface area (Å²) in [5.74, 6) is 0.542. The van der Waals surface area contributed by atoms with Crippen LogP contribution in [0.5, 0.6) is 0 Å². The number of nitrogens with zero attached hydrogens (tertiary/aromatic N) is 2.